The second-order valence-corrected chi connectivity index (χ2v) is 6.10. The highest BCUT2D eigenvalue weighted by atomic mass is 16.2. The largest absolute Gasteiger partial charge is 0.340 e. The second kappa shape index (κ2) is 11.4. The number of H-pyrrole nitrogens is 1. The van der Waals surface area contributed by atoms with Crippen LogP contribution in [0.4, 0.5) is 0 Å². The number of nitrogens with one attached hydrogen (secondary N) is 3. The van der Waals surface area contributed by atoms with E-state index in [-0.39, 0.29) is 11.4 Å². The Morgan fingerprint density at radius 1 is 0.774 bits per heavy atom. The van der Waals surface area contributed by atoms with Crippen LogP contribution in [-0.2, 0) is 0 Å². The Bertz CT molecular complexity index is 1030. The van der Waals surface area contributed by atoms with Gasteiger partial charge in [-0.25, -0.2) is 15.8 Å². The van der Waals surface area contributed by atoms with Gasteiger partial charge >= 0.3 is 0 Å². The smallest absolute Gasteiger partial charge is 0.292 e. The van der Waals surface area contributed by atoms with E-state index in [1.54, 1.807) is 12.2 Å². The zero-order chi connectivity index (χ0) is 21.7. The van der Waals surface area contributed by atoms with Crippen LogP contribution >= 0.6 is 0 Å². The Hall–Kier alpha value is -4.59. The van der Waals surface area contributed by atoms with E-state index >= 15 is 0 Å². The molecule has 154 valence electrons. The molecule has 0 fully saturated rings. The molecule has 0 saturated heterocycles. The summed E-state index contributed by atoms with van der Waals surface area (Å²) < 4.78 is 0. The summed E-state index contributed by atoms with van der Waals surface area (Å²) >= 11 is 0. The Kier molecular flexibility index (Phi) is 7.78. The number of hydrogen-bond acceptors (Lipinski definition) is 5. The Balaban J connectivity index is 1.50. The summed E-state index contributed by atoms with van der Waals surface area (Å²) in [6.07, 6.45) is 11.2. The van der Waals surface area contributed by atoms with Crippen molar-refractivity contribution < 1.29 is 9.59 Å². The number of aromatic amines is 1. The number of benzene rings is 2. The SMILES string of the molecule is O=C(N/N=C\C=C\c1ccccc1)c1nc[nH]c1C(=O)N/N=C\C=C\c1ccccc1. The molecule has 2 aromatic carbocycles. The number of hydrogen-bond donors (Lipinski definition) is 3. The van der Waals surface area contributed by atoms with Crippen LogP contribution in [0.15, 0.2) is 89.3 Å². The number of imidazole rings is 1. The average molecular weight is 412 g/mol. The van der Waals surface area contributed by atoms with Crippen LogP contribution in [0, 0.1) is 0 Å². The minimum atomic E-state index is -0.622. The molecule has 0 spiro atoms. The van der Waals surface area contributed by atoms with Gasteiger partial charge in [-0.1, -0.05) is 72.8 Å². The third kappa shape index (κ3) is 6.75. The summed E-state index contributed by atoms with van der Waals surface area (Å²) in [5.74, 6) is -1.22. The van der Waals surface area contributed by atoms with Gasteiger partial charge in [0.05, 0.1) is 6.33 Å². The third-order valence-corrected chi connectivity index (χ3v) is 3.91. The molecule has 1 heterocycles. The van der Waals surface area contributed by atoms with Gasteiger partial charge in [-0.05, 0) is 23.3 Å². The van der Waals surface area contributed by atoms with Gasteiger partial charge < -0.3 is 4.98 Å². The maximum atomic E-state index is 12.2. The van der Waals surface area contributed by atoms with E-state index in [1.165, 1.54) is 18.8 Å². The molecule has 0 aliphatic rings. The maximum Gasteiger partial charge on any atom is 0.292 e. The van der Waals surface area contributed by atoms with Crippen molar-refractivity contribution >= 4 is 36.4 Å². The molecular weight excluding hydrogens is 392 g/mol. The summed E-state index contributed by atoms with van der Waals surface area (Å²) in [5, 5.41) is 7.65. The van der Waals surface area contributed by atoms with Crippen molar-refractivity contribution in [2.24, 2.45) is 10.2 Å². The van der Waals surface area contributed by atoms with Gasteiger partial charge in [0.2, 0.25) is 0 Å². The van der Waals surface area contributed by atoms with Crippen molar-refractivity contribution in [3.05, 3.63) is 102 Å². The van der Waals surface area contributed by atoms with Crippen molar-refractivity contribution in [2.45, 2.75) is 0 Å². The molecule has 3 aromatic rings. The molecule has 3 N–H and O–H groups in total. The Labute approximate surface area is 179 Å². The topological polar surface area (TPSA) is 112 Å². The average Bonchev–Trinajstić information content (AvgIpc) is 3.30. The van der Waals surface area contributed by atoms with Gasteiger partial charge in [0.25, 0.3) is 11.8 Å². The van der Waals surface area contributed by atoms with Crippen molar-refractivity contribution in [3.8, 4) is 0 Å². The van der Waals surface area contributed by atoms with E-state index in [0.717, 1.165) is 11.1 Å². The standard InChI is InChI=1S/C23H20N6O2/c30-22(28-26-15-7-13-18-9-3-1-4-10-18)20-21(25-17-24-20)23(31)29-27-16-8-14-19-11-5-2-6-12-19/h1-17H,(H,24,25)(H,28,30)(H,29,31)/b13-7+,14-8+,26-15-,27-16-. The molecule has 0 bridgehead atoms. The fourth-order valence-corrected chi connectivity index (χ4v) is 2.46. The molecule has 31 heavy (non-hydrogen) atoms. The van der Waals surface area contributed by atoms with Crippen LogP contribution in [-0.4, -0.2) is 34.2 Å². The quantitative estimate of drug-likeness (QED) is 0.390. The number of amides is 2. The molecule has 2 amide bonds. The zero-order valence-corrected chi connectivity index (χ0v) is 16.5. The fraction of sp³-hybridized carbons (Fsp3) is 0. The summed E-state index contributed by atoms with van der Waals surface area (Å²) in [5.41, 5.74) is 6.58. The maximum absolute atomic E-state index is 12.2. The van der Waals surface area contributed by atoms with Crippen molar-refractivity contribution in [1.29, 1.82) is 0 Å². The van der Waals surface area contributed by atoms with Gasteiger partial charge in [0, 0.05) is 12.4 Å². The van der Waals surface area contributed by atoms with Crippen LogP contribution in [0.25, 0.3) is 12.2 Å². The van der Waals surface area contributed by atoms with E-state index in [9.17, 15) is 9.59 Å². The van der Waals surface area contributed by atoms with E-state index in [2.05, 4.69) is 31.0 Å². The van der Waals surface area contributed by atoms with Crippen LogP contribution < -0.4 is 10.9 Å². The van der Waals surface area contributed by atoms with E-state index in [0.29, 0.717) is 0 Å². The summed E-state index contributed by atoms with van der Waals surface area (Å²) in [6, 6.07) is 19.3. The minimum absolute atomic E-state index is 0.0169. The number of carbonyl (C=O) groups excluding carboxylic acids is 2. The number of rotatable bonds is 8. The summed E-state index contributed by atoms with van der Waals surface area (Å²) in [7, 11) is 0. The highest BCUT2D eigenvalue weighted by Gasteiger charge is 2.19. The predicted molar refractivity (Wildman–Crippen MR) is 121 cm³/mol. The van der Waals surface area contributed by atoms with Gasteiger partial charge in [0.15, 0.2) is 5.69 Å². The van der Waals surface area contributed by atoms with Crippen LogP contribution in [0.2, 0.25) is 0 Å². The number of aromatic nitrogens is 2. The molecule has 8 heteroatoms. The first-order valence-electron chi connectivity index (χ1n) is 9.37. The van der Waals surface area contributed by atoms with Crippen LogP contribution in [0.1, 0.15) is 32.1 Å². The highest BCUT2D eigenvalue weighted by molar-refractivity contribution is 6.05. The van der Waals surface area contributed by atoms with Crippen molar-refractivity contribution in [2.75, 3.05) is 0 Å². The van der Waals surface area contributed by atoms with Crippen molar-refractivity contribution in [1.82, 2.24) is 20.8 Å². The molecule has 0 radical (unpaired) electrons. The van der Waals surface area contributed by atoms with Gasteiger partial charge in [-0.2, -0.15) is 10.2 Å². The number of carbonyl (C=O) groups is 2. The first-order chi connectivity index (χ1) is 15.2. The van der Waals surface area contributed by atoms with Crippen LogP contribution in [0.5, 0.6) is 0 Å². The van der Waals surface area contributed by atoms with E-state index in [4.69, 9.17) is 0 Å². The van der Waals surface area contributed by atoms with Crippen molar-refractivity contribution in [3.63, 3.8) is 0 Å². The lowest BCUT2D eigenvalue weighted by atomic mass is 10.2. The van der Waals surface area contributed by atoms with E-state index < -0.39 is 11.8 Å². The number of nitrogens with zero attached hydrogens (tertiary/aromatic N) is 3. The van der Waals surface area contributed by atoms with Gasteiger partial charge in [-0.15, -0.1) is 0 Å². The molecular formula is C23H20N6O2. The fourth-order valence-electron chi connectivity index (χ4n) is 2.46. The molecule has 3 rings (SSSR count). The lowest BCUT2D eigenvalue weighted by molar-refractivity contribution is 0.0915. The molecule has 0 aliphatic carbocycles. The minimum Gasteiger partial charge on any atom is -0.340 e. The molecule has 1 aromatic heterocycles. The number of allylic oxidation sites excluding steroid dienone is 2. The lowest BCUT2D eigenvalue weighted by Crippen LogP contribution is -2.25. The highest BCUT2D eigenvalue weighted by Crippen LogP contribution is 2.03. The Morgan fingerprint density at radius 2 is 1.29 bits per heavy atom. The Morgan fingerprint density at radius 3 is 1.84 bits per heavy atom. The summed E-state index contributed by atoms with van der Waals surface area (Å²) in [4.78, 5) is 31.0. The predicted octanol–water partition coefficient (Wildman–Crippen LogP) is 3.27. The second-order valence-electron chi connectivity index (χ2n) is 6.10. The van der Waals surface area contributed by atoms with Gasteiger partial charge in [0.1, 0.15) is 5.69 Å². The lowest BCUT2D eigenvalue weighted by Gasteiger charge is -2.00. The summed E-state index contributed by atoms with van der Waals surface area (Å²) in [6.45, 7) is 0. The molecule has 0 saturated carbocycles. The molecule has 0 unspecified atom stereocenters. The molecule has 0 aliphatic heterocycles. The first kappa shape index (κ1) is 21.1. The zero-order valence-electron chi connectivity index (χ0n) is 16.5. The van der Waals surface area contributed by atoms with Gasteiger partial charge in [-0.3, -0.25) is 9.59 Å². The third-order valence-electron chi connectivity index (χ3n) is 3.91. The monoisotopic (exact) mass is 412 g/mol. The number of hydrazone groups is 2. The van der Waals surface area contributed by atoms with Crippen LogP contribution in [0.3, 0.4) is 0 Å². The normalized spacial score (nSPS) is 11.6. The van der Waals surface area contributed by atoms with E-state index in [1.807, 2.05) is 72.8 Å². The molecule has 8 nitrogen and oxygen atoms in total. The molecule has 0 atom stereocenters. The first-order valence-corrected chi connectivity index (χ1v) is 9.37.